The number of rotatable bonds is 8. The second-order valence-corrected chi connectivity index (χ2v) is 4.76. The minimum absolute atomic E-state index is 0.144. The lowest BCUT2D eigenvalue weighted by molar-refractivity contribution is 0.322. The molecule has 0 radical (unpaired) electrons. The van der Waals surface area contributed by atoms with E-state index in [0.29, 0.717) is 18.4 Å². The summed E-state index contributed by atoms with van der Waals surface area (Å²) in [6, 6.07) is 5.76. The van der Waals surface area contributed by atoms with Gasteiger partial charge in [0.1, 0.15) is 5.82 Å². The number of aromatic nitrogens is 1. The first-order valence-electron chi connectivity index (χ1n) is 6.59. The summed E-state index contributed by atoms with van der Waals surface area (Å²) in [6.45, 7) is 7.78. The van der Waals surface area contributed by atoms with Crippen molar-refractivity contribution in [2.75, 3.05) is 24.3 Å². The van der Waals surface area contributed by atoms with E-state index in [9.17, 15) is 0 Å². The van der Waals surface area contributed by atoms with Gasteiger partial charge in [-0.05, 0) is 25.8 Å². The third-order valence-electron chi connectivity index (χ3n) is 3.44. The first kappa shape index (κ1) is 15.1. The molecule has 0 fully saturated rings. The SMILES string of the molecule is CCOc1cccc(NCC(CC)(CC)CCl)n1. The molecule has 0 aliphatic rings. The number of alkyl halides is 1. The molecule has 1 aromatic rings. The largest absolute Gasteiger partial charge is 0.478 e. The average molecular weight is 271 g/mol. The van der Waals surface area contributed by atoms with Crippen LogP contribution in [0.4, 0.5) is 5.82 Å². The lowest BCUT2D eigenvalue weighted by Crippen LogP contribution is -2.30. The molecule has 1 aromatic heterocycles. The van der Waals surface area contributed by atoms with Crippen molar-refractivity contribution in [2.24, 2.45) is 5.41 Å². The Kier molecular flexibility index (Phi) is 6.27. The molecule has 0 aromatic carbocycles. The normalized spacial score (nSPS) is 11.3. The van der Waals surface area contributed by atoms with Gasteiger partial charge in [0.15, 0.2) is 0 Å². The van der Waals surface area contributed by atoms with Gasteiger partial charge in [-0.3, -0.25) is 0 Å². The summed E-state index contributed by atoms with van der Waals surface area (Å²) in [6.07, 6.45) is 2.12. The number of hydrogen-bond acceptors (Lipinski definition) is 3. The van der Waals surface area contributed by atoms with E-state index in [-0.39, 0.29) is 5.41 Å². The van der Waals surface area contributed by atoms with Crippen LogP contribution in [0.15, 0.2) is 18.2 Å². The molecule has 0 amide bonds. The maximum absolute atomic E-state index is 6.09. The van der Waals surface area contributed by atoms with Crippen LogP contribution in [0.25, 0.3) is 0 Å². The highest BCUT2D eigenvalue weighted by atomic mass is 35.5. The first-order chi connectivity index (χ1) is 8.69. The van der Waals surface area contributed by atoms with Gasteiger partial charge < -0.3 is 10.1 Å². The van der Waals surface area contributed by atoms with E-state index in [2.05, 4.69) is 24.1 Å². The Morgan fingerprint density at radius 2 is 2.00 bits per heavy atom. The zero-order valence-electron chi connectivity index (χ0n) is 11.5. The molecule has 1 N–H and O–H groups in total. The number of hydrogen-bond donors (Lipinski definition) is 1. The number of ether oxygens (including phenoxy) is 1. The van der Waals surface area contributed by atoms with E-state index in [1.54, 1.807) is 0 Å². The Hall–Kier alpha value is -0.960. The van der Waals surface area contributed by atoms with Crippen LogP contribution in [0.2, 0.25) is 0 Å². The maximum Gasteiger partial charge on any atom is 0.215 e. The Morgan fingerprint density at radius 1 is 1.28 bits per heavy atom. The van der Waals surface area contributed by atoms with Crippen LogP contribution in [0.5, 0.6) is 5.88 Å². The van der Waals surface area contributed by atoms with E-state index < -0.39 is 0 Å². The van der Waals surface area contributed by atoms with Crippen LogP contribution in [-0.4, -0.2) is 24.0 Å². The fraction of sp³-hybridized carbons (Fsp3) is 0.643. The van der Waals surface area contributed by atoms with Gasteiger partial charge in [0.05, 0.1) is 6.61 Å². The molecule has 0 atom stereocenters. The standard InChI is InChI=1S/C14H23ClN2O/c1-4-14(5-2,10-15)11-16-12-8-7-9-13(17-12)18-6-3/h7-9H,4-6,10-11H2,1-3H3,(H,16,17). The van der Waals surface area contributed by atoms with Crippen LogP contribution in [0.1, 0.15) is 33.6 Å². The molecule has 0 aliphatic heterocycles. The first-order valence-corrected chi connectivity index (χ1v) is 7.12. The van der Waals surface area contributed by atoms with Gasteiger partial charge >= 0.3 is 0 Å². The minimum Gasteiger partial charge on any atom is -0.478 e. The highest BCUT2D eigenvalue weighted by Crippen LogP contribution is 2.28. The van der Waals surface area contributed by atoms with Gasteiger partial charge in [-0.15, -0.1) is 11.6 Å². The van der Waals surface area contributed by atoms with Crippen LogP contribution in [-0.2, 0) is 0 Å². The monoisotopic (exact) mass is 270 g/mol. The third-order valence-corrected chi connectivity index (χ3v) is 4.01. The number of nitrogens with one attached hydrogen (secondary N) is 1. The molecule has 4 heteroatoms. The van der Waals surface area contributed by atoms with Crippen molar-refractivity contribution < 1.29 is 4.74 Å². The quantitative estimate of drug-likeness (QED) is 0.727. The second kappa shape index (κ2) is 7.47. The highest BCUT2D eigenvalue weighted by molar-refractivity contribution is 6.18. The van der Waals surface area contributed by atoms with Crippen molar-refractivity contribution in [3.63, 3.8) is 0 Å². The van der Waals surface area contributed by atoms with Gasteiger partial charge in [-0.25, -0.2) is 0 Å². The van der Waals surface area contributed by atoms with Gasteiger partial charge in [-0.1, -0.05) is 19.9 Å². The zero-order valence-corrected chi connectivity index (χ0v) is 12.3. The second-order valence-electron chi connectivity index (χ2n) is 4.49. The van der Waals surface area contributed by atoms with Gasteiger partial charge in [0, 0.05) is 23.9 Å². The average Bonchev–Trinajstić information content (AvgIpc) is 2.42. The van der Waals surface area contributed by atoms with E-state index >= 15 is 0 Å². The topological polar surface area (TPSA) is 34.1 Å². The molecule has 1 heterocycles. The summed E-state index contributed by atoms with van der Waals surface area (Å²) < 4.78 is 5.38. The predicted octanol–water partition coefficient (Wildman–Crippen LogP) is 3.94. The molecule has 0 aliphatic carbocycles. The van der Waals surface area contributed by atoms with E-state index in [4.69, 9.17) is 16.3 Å². The maximum atomic E-state index is 6.09. The lowest BCUT2D eigenvalue weighted by atomic mass is 9.84. The van der Waals surface area contributed by atoms with Crippen molar-refractivity contribution in [3.8, 4) is 5.88 Å². The Labute approximate surface area is 115 Å². The van der Waals surface area contributed by atoms with E-state index in [0.717, 1.165) is 25.2 Å². The van der Waals surface area contributed by atoms with Crippen molar-refractivity contribution in [3.05, 3.63) is 18.2 Å². The van der Waals surface area contributed by atoms with Crippen molar-refractivity contribution in [2.45, 2.75) is 33.6 Å². The molecule has 1 rings (SSSR count). The smallest absolute Gasteiger partial charge is 0.215 e. The summed E-state index contributed by atoms with van der Waals surface area (Å²) in [7, 11) is 0. The highest BCUT2D eigenvalue weighted by Gasteiger charge is 2.24. The number of anilines is 1. The number of pyridine rings is 1. The Morgan fingerprint density at radius 3 is 2.56 bits per heavy atom. The summed E-state index contributed by atoms with van der Waals surface area (Å²) >= 11 is 6.09. The molecule has 102 valence electrons. The fourth-order valence-electron chi connectivity index (χ4n) is 1.76. The van der Waals surface area contributed by atoms with Crippen LogP contribution in [0, 0.1) is 5.41 Å². The summed E-state index contributed by atoms with van der Waals surface area (Å²) in [4.78, 5) is 4.39. The summed E-state index contributed by atoms with van der Waals surface area (Å²) in [5.74, 6) is 2.17. The molecule has 18 heavy (non-hydrogen) atoms. The molecule has 0 saturated heterocycles. The molecule has 0 spiro atoms. The molecule has 0 bridgehead atoms. The lowest BCUT2D eigenvalue weighted by Gasteiger charge is -2.29. The van der Waals surface area contributed by atoms with Gasteiger partial charge in [0.25, 0.3) is 0 Å². The van der Waals surface area contributed by atoms with Crippen molar-refractivity contribution >= 4 is 17.4 Å². The Balaban J connectivity index is 2.64. The van der Waals surface area contributed by atoms with Crippen LogP contribution >= 0.6 is 11.6 Å². The summed E-state index contributed by atoms with van der Waals surface area (Å²) in [5, 5.41) is 3.36. The van der Waals surface area contributed by atoms with Crippen LogP contribution < -0.4 is 10.1 Å². The van der Waals surface area contributed by atoms with Gasteiger partial charge in [-0.2, -0.15) is 4.98 Å². The third kappa shape index (κ3) is 4.05. The Bertz CT molecular complexity index is 345. The predicted molar refractivity (Wildman–Crippen MR) is 77.6 cm³/mol. The zero-order chi connectivity index (χ0) is 13.4. The summed E-state index contributed by atoms with van der Waals surface area (Å²) in [5.41, 5.74) is 0.144. The molecular formula is C14H23ClN2O. The minimum atomic E-state index is 0.144. The number of halogens is 1. The molecule has 3 nitrogen and oxygen atoms in total. The van der Waals surface area contributed by atoms with Gasteiger partial charge in [0.2, 0.25) is 5.88 Å². The van der Waals surface area contributed by atoms with E-state index in [1.165, 1.54) is 0 Å². The van der Waals surface area contributed by atoms with Crippen LogP contribution in [0.3, 0.4) is 0 Å². The number of nitrogens with zero attached hydrogens (tertiary/aromatic N) is 1. The molecule has 0 unspecified atom stereocenters. The van der Waals surface area contributed by atoms with E-state index in [1.807, 2.05) is 25.1 Å². The van der Waals surface area contributed by atoms with Crippen molar-refractivity contribution in [1.82, 2.24) is 4.98 Å². The fourth-order valence-corrected chi connectivity index (χ4v) is 2.23. The van der Waals surface area contributed by atoms with Crippen molar-refractivity contribution in [1.29, 1.82) is 0 Å². The molecule has 0 saturated carbocycles. The molecular weight excluding hydrogens is 248 g/mol.